The fraction of sp³-hybridized carbons (Fsp3) is 0.667. The van der Waals surface area contributed by atoms with Crippen LogP contribution < -0.4 is 10.1 Å². The average Bonchev–Trinajstić information content (AvgIpc) is 2.55. The molecule has 3 nitrogen and oxygen atoms in total. The van der Waals surface area contributed by atoms with Crippen molar-refractivity contribution in [2.75, 3.05) is 20.2 Å². The van der Waals surface area contributed by atoms with E-state index in [4.69, 9.17) is 4.74 Å². The van der Waals surface area contributed by atoms with Crippen LogP contribution in [-0.4, -0.2) is 36.7 Å². The number of para-hydroxylation sites is 1. The van der Waals surface area contributed by atoms with Crippen LogP contribution in [0.4, 0.5) is 0 Å². The molecule has 3 heteroatoms. The van der Waals surface area contributed by atoms with Crippen LogP contribution in [0.1, 0.15) is 45.6 Å². The third-order valence-corrected chi connectivity index (χ3v) is 5.19. The van der Waals surface area contributed by atoms with Crippen LogP contribution in [0, 0.1) is 0 Å². The van der Waals surface area contributed by atoms with Gasteiger partial charge in [0.1, 0.15) is 5.75 Å². The maximum Gasteiger partial charge on any atom is 0.123 e. The van der Waals surface area contributed by atoms with Gasteiger partial charge < -0.3 is 10.1 Å². The van der Waals surface area contributed by atoms with Crippen molar-refractivity contribution in [1.29, 1.82) is 0 Å². The third kappa shape index (κ3) is 3.41. The van der Waals surface area contributed by atoms with Gasteiger partial charge in [-0.1, -0.05) is 39.0 Å². The summed E-state index contributed by atoms with van der Waals surface area (Å²) in [6.45, 7) is 10.1. The Hall–Kier alpha value is -1.06. The lowest BCUT2D eigenvalue weighted by Gasteiger charge is -2.49. The smallest absolute Gasteiger partial charge is 0.123 e. The molecule has 2 rings (SSSR count). The molecule has 0 spiro atoms. The standard InChI is InChI=1S/C18H30N2O/c1-5-16-13-20(18(6-2,7-3)14-19-16)12-15-10-8-9-11-17(15)21-4/h8-11,16,19H,5-7,12-14H2,1-4H3. The van der Waals surface area contributed by atoms with Gasteiger partial charge in [0.05, 0.1) is 7.11 Å². The molecule has 118 valence electrons. The first-order valence-electron chi connectivity index (χ1n) is 8.29. The summed E-state index contributed by atoms with van der Waals surface area (Å²) in [5.74, 6) is 1.00. The van der Waals surface area contributed by atoms with Crippen molar-refractivity contribution in [3.8, 4) is 5.75 Å². The zero-order valence-corrected chi connectivity index (χ0v) is 14.0. The molecular weight excluding hydrogens is 260 g/mol. The van der Waals surface area contributed by atoms with Crippen molar-refractivity contribution < 1.29 is 4.74 Å². The molecule has 1 aromatic rings. The van der Waals surface area contributed by atoms with Crippen molar-refractivity contribution in [3.63, 3.8) is 0 Å². The van der Waals surface area contributed by atoms with E-state index in [2.05, 4.69) is 49.2 Å². The number of hydrogen-bond donors (Lipinski definition) is 1. The highest BCUT2D eigenvalue weighted by molar-refractivity contribution is 5.33. The second-order valence-electron chi connectivity index (χ2n) is 6.11. The van der Waals surface area contributed by atoms with Gasteiger partial charge in [0.2, 0.25) is 0 Å². The molecule has 1 aromatic carbocycles. The summed E-state index contributed by atoms with van der Waals surface area (Å²) in [5.41, 5.74) is 1.56. The van der Waals surface area contributed by atoms with Crippen LogP contribution >= 0.6 is 0 Å². The molecule has 0 saturated carbocycles. The van der Waals surface area contributed by atoms with Crippen LogP contribution in [-0.2, 0) is 6.54 Å². The summed E-state index contributed by atoms with van der Waals surface area (Å²) in [6.07, 6.45) is 3.55. The van der Waals surface area contributed by atoms with Gasteiger partial charge in [-0.25, -0.2) is 0 Å². The van der Waals surface area contributed by atoms with E-state index in [1.54, 1.807) is 7.11 Å². The Morgan fingerprint density at radius 2 is 1.95 bits per heavy atom. The second kappa shape index (κ2) is 7.28. The summed E-state index contributed by atoms with van der Waals surface area (Å²) < 4.78 is 5.53. The van der Waals surface area contributed by atoms with Crippen LogP contribution in [0.15, 0.2) is 24.3 Å². The van der Waals surface area contributed by atoms with Crippen LogP contribution in [0.3, 0.4) is 0 Å². The lowest BCUT2D eigenvalue weighted by Crippen LogP contribution is -2.63. The maximum absolute atomic E-state index is 5.53. The molecule has 0 amide bonds. The predicted octanol–water partition coefficient (Wildman–Crippen LogP) is 3.44. The van der Waals surface area contributed by atoms with E-state index >= 15 is 0 Å². The number of hydrogen-bond acceptors (Lipinski definition) is 3. The van der Waals surface area contributed by atoms with Gasteiger partial charge in [-0.15, -0.1) is 0 Å². The largest absolute Gasteiger partial charge is 0.496 e. The van der Waals surface area contributed by atoms with Crippen LogP contribution in [0.5, 0.6) is 5.75 Å². The zero-order chi connectivity index (χ0) is 15.3. The first kappa shape index (κ1) is 16.3. The predicted molar refractivity (Wildman–Crippen MR) is 88.8 cm³/mol. The summed E-state index contributed by atoms with van der Waals surface area (Å²) in [6, 6.07) is 9.01. The highest BCUT2D eigenvalue weighted by Gasteiger charge is 2.38. The molecule has 0 aliphatic carbocycles. The zero-order valence-electron chi connectivity index (χ0n) is 14.0. The molecule has 0 radical (unpaired) electrons. The first-order valence-corrected chi connectivity index (χ1v) is 8.29. The Morgan fingerprint density at radius 3 is 2.57 bits per heavy atom. The highest BCUT2D eigenvalue weighted by atomic mass is 16.5. The van der Waals surface area contributed by atoms with E-state index < -0.39 is 0 Å². The number of benzene rings is 1. The number of nitrogens with one attached hydrogen (secondary N) is 1. The first-order chi connectivity index (χ1) is 10.2. The second-order valence-corrected chi connectivity index (χ2v) is 6.11. The Bertz CT molecular complexity index is 443. The highest BCUT2D eigenvalue weighted by Crippen LogP contribution is 2.31. The minimum Gasteiger partial charge on any atom is -0.496 e. The molecule has 1 heterocycles. The van der Waals surface area contributed by atoms with E-state index in [9.17, 15) is 0 Å². The summed E-state index contributed by atoms with van der Waals surface area (Å²) in [4.78, 5) is 2.68. The molecule has 1 N–H and O–H groups in total. The van der Waals surface area contributed by atoms with E-state index in [1.165, 1.54) is 24.8 Å². The van der Waals surface area contributed by atoms with Crippen molar-refractivity contribution in [1.82, 2.24) is 10.2 Å². The van der Waals surface area contributed by atoms with Gasteiger partial charge in [0.15, 0.2) is 0 Å². The normalized spacial score (nSPS) is 22.2. The molecule has 0 aromatic heterocycles. The van der Waals surface area contributed by atoms with E-state index in [1.807, 2.05) is 6.07 Å². The Labute approximate surface area is 129 Å². The number of rotatable bonds is 6. The average molecular weight is 290 g/mol. The molecule has 1 aliphatic rings. The van der Waals surface area contributed by atoms with Gasteiger partial charge >= 0.3 is 0 Å². The molecule has 1 fully saturated rings. The van der Waals surface area contributed by atoms with E-state index in [0.717, 1.165) is 25.4 Å². The minimum atomic E-state index is 0.270. The van der Waals surface area contributed by atoms with Crippen molar-refractivity contribution in [3.05, 3.63) is 29.8 Å². The molecule has 1 saturated heterocycles. The number of ether oxygens (including phenoxy) is 1. The maximum atomic E-state index is 5.53. The summed E-state index contributed by atoms with van der Waals surface area (Å²) >= 11 is 0. The fourth-order valence-electron chi connectivity index (χ4n) is 3.46. The number of nitrogens with zero attached hydrogens (tertiary/aromatic N) is 1. The van der Waals surface area contributed by atoms with Gasteiger partial charge in [-0.05, 0) is 25.3 Å². The molecular formula is C18H30N2O. The van der Waals surface area contributed by atoms with E-state index in [-0.39, 0.29) is 5.54 Å². The van der Waals surface area contributed by atoms with Crippen molar-refractivity contribution in [2.24, 2.45) is 0 Å². The van der Waals surface area contributed by atoms with Crippen LogP contribution in [0.2, 0.25) is 0 Å². The Balaban J connectivity index is 2.23. The molecule has 21 heavy (non-hydrogen) atoms. The number of piperazine rings is 1. The lowest BCUT2D eigenvalue weighted by molar-refractivity contribution is 0.0233. The molecule has 1 atom stereocenters. The van der Waals surface area contributed by atoms with Crippen LogP contribution in [0.25, 0.3) is 0 Å². The third-order valence-electron chi connectivity index (χ3n) is 5.19. The summed E-state index contributed by atoms with van der Waals surface area (Å²) in [5, 5.41) is 3.73. The Kier molecular flexibility index (Phi) is 5.65. The van der Waals surface area contributed by atoms with Gasteiger partial charge in [0, 0.05) is 36.8 Å². The van der Waals surface area contributed by atoms with Gasteiger partial charge in [-0.3, -0.25) is 4.90 Å². The minimum absolute atomic E-state index is 0.270. The molecule has 1 aliphatic heterocycles. The van der Waals surface area contributed by atoms with E-state index in [0.29, 0.717) is 6.04 Å². The number of methoxy groups -OCH3 is 1. The fourth-order valence-corrected chi connectivity index (χ4v) is 3.46. The molecule has 1 unspecified atom stereocenters. The monoisotopic (exact) mass is 290 g/mol. The van der Waals surface area contributed by atoms with Crippen molar-refractivity contribution >= 4 is 0 Å². The van der Waals surface area contributed by atoms with Gasteiger partial charge in [0.25, 0.3) is 0 Å². The Morgan fingerprint density at radius 1 is 1.24 bits per heavy atom. The topological polar surface area (TPSA) is 24.5 Å². The van der Waals surface area contributed by atoms with Gasteiger partial charge in [-0.2, -0.15) is 0 Å². The molecule has 0 bridgehead atoms. The lowest BCUT2D eigenvalue weighted by atomic mass is 9.86. The van der Waals surface area contributed by atoms with Crippen molar-refractivity contribution in [2.45, 2.75) is 58.2 Å². The SMILES string of the molecule is CCC1CN(Cc2ccccc2OC)C(CC)(CC)CN1. The summed E-state index contributed by atoms with van der Waals surface area (Å²) in [7, 11) is 1.76. The quantitative estimate of drug-likeness (QED) is 0.868.